The monoisotopic (exact) mass is 655 g/mol. The zero-order valence-corrected chi connectivity index (χ0v) is 20.2. The van der Waals surface area contributed by atoms with Gasteiger partial charge in [0.15, 0.2) is 0 Å². The maximum atomic E-state index is 13.9. The third kappa shape index (κ3) is 5.75. The van der Waals surface area contributed by atoms with Gasteiger partial charge in [0, 0.05) is 19.6 Å². The van der Waals surface area contributed by atoms with Crippen molar-refractivity contribution in [1.29, 1.82) is 0 Å². The van der Waals surface area contributed by atoms with E-state index in [4.69, 9.17) is 4.74 Å². The lowest BCUT2D eigenvalue weighted by Gasteiger charge is -2.38. The molecule has 216 valence electrons. The molecule has 37 heavy (non-hydrogen) atoms. The summed E-state index contributed by atoms with van der Waals surface area (Å²) in [6.45, 7) is 1.91. The summed E-state index contributed by atoms with van der Waals surface area (Å²) in [7, 11) is -7.38. The molecule has 0 radical (unpaired) electrons. The molecule has 1 heterocycles. The second-order valence-corrected chi connectivity index (χ2v) is 8.97. The summed E-state index contributed by atoms with van der Waals surface area (Å²) >= 11 is 0. The van der Waals surface area contributed by atoms with Crippen molar-refractivity contribution in [1.82, 2.24) is 4.90 Å². The van der Waals surface area contributed by atoms with Gasteiger partial charge in [0.2, 0.25) is 0 Å². The Balaban J connectivity index is 0.00000684. The van der Waals surface area contributed by atoms with E-state index in [1.165, 1.54) is 0 Å². The summed E-state index contributed by atoms with van der Waals surface area (Å²) < 4.78 is 203. The van der Waals surface area contributed by atoms with Crippen molar-refractivity contribution < 1.29 is 74.4 Å². The Morgan fingerprint density at radius 1 is 0.730 bits per heavy atom. The highest BCUT2D eigenvalue weighted by molar-refractivity contribution is 8.93. The Kier molecular flexibility index (Phi) is 9.55. The first kappa shape index (κ1) is 33.5. The molecule has 0 saturated carbocycles. The van der Waals surface area contributed by atoms with Crippen LogP contribution in [0.2, 0.25) is 0 Å². The number of ether oxygens (including phenoxy) is 1. The number of hydrogen-bond donors (Lipinski definition) is 0. The van der Waals surface area contributed by atoms with E-state index in [1.54, 1.807) is 0 Å². The summed E-state index contributed by atoms with van der Waals surface area (Å²) in [5.74, 6) is -33.7. The third-order valence-corrected chi connectivity index (χ3v) is 6.15. The molecule has 1 aromatic carbocycles. The second-order valence-electron chi connectivity index (χ2n) is 7.38. The Morgan fingerprint density at radius 3 is 1.59 bits per heavy atom. The number of halogens is 14. The molecule has 0 unspecified atom stereocenters. The Morgan fingerprint density at radius 2 is 1.16 bits per heavy atom. The number of morpholine rings is 1. The van der Waals surface area contributed by atoms with Gasteiger partial charge in [-0.1, -0.05) is 12.1 Å². The number of benzene rings is 1. The minimum Gasteiger partial charge on any atom is -0.379 e. The molecule has 1 aliphatic rings. The molecule has 1 fully saturated rings. The van der Waals surface area contributed by atoms with Gasteiger partial charge in [-0.3, -0.25) is 4.90 Å². The van der Waals surface area contributed by atoms with Crippen LogP contribution in [0.5, 0.6) is 5.75 Å². The maximum absolute atomic E-state index is 13.9. The minimum absolute atomic E-state index is 0. The molecule has 1 aliphatic heterocycles. The fraction of sp³-hybridized carbons (Fsp3) is 0.647. The van der Waals surface area contributed by atoms with Gasteiger partial charge < -0.3 is 8.92 Å². The topological polar surface area (TPSA) is 55.8 Å². The highest BCUT2D eigenvalue weighted by atomic mass is 79.9. The SMILES string of the molecule is Br.O=S(=O)(Oc1ccc(CN2CCOCC2)cc1)C(F)(F)C(F)(F)C(F)(F)C(F)(F)C(F)(F)C(F)(F)F. The van der Waals surface area contributed by atoms with E-state index in [0.29, 0.717) is 44.0 Å². The van der Waals surface area contributed by atoms with Crippen molar-refractivity contribution in [3.63, 3.8) is 0 Å². The van der Waals surface area contributed by atoms with Gasteiger partial charge in [0.25, 0.3) is 0 Å². The van der Waals surface area contributed by atoms with Crippen LogP contribution in [0.4, 0.5) is 57.1 Å². The van der Waals surface area contributed by atoms with Crippen LogP contribution in [-0.2, 0) is 21.4 Å². The van der Waals surface area contributed by atoms with Crippen LogP contribution in [0.1, 0.15) is 5.56 Å². The fourth-order valence-electron chi connectivity index (χ4n) is 2.76. The first-order valence-corrected chi connectivity index (χ1v) is 10.7. The van der Waals surface area contributed by atoms with Crippen LogP contribution in [0.25, 0.3) is 0 Å². The van der Waals surface area contributed by atoms with E-state index in [1.807, 2.05) is 4.90 Å². The lowest BCUT2D eigenvalue weighted by molar-refractivity contribution is -0.433. The normalized spacial score (nSPS) is 17.3. The zero-order chi connectivity index (χ0) is 28.0. The average molecular weight is 656 g/mol. The van der Waals surface area contributed by atoms with E-state index in [-0.39, 0.29) is 23.5 Å². The molecule has 2 rings (SSSR count). The molecule has 0 aromatic heterocycles. The highest BCUT2D eigenvalue weighted by Gasteiger charge is 2.93. The van der Waals surface area contributed by atoms with Crippen molar-refractivity contribution >= 4 is 27.1 Å². The lowest BCUT2D eigenvalue weighted by atomic mass is 9.98. The fourth-order valence-corrected chi connectivity index (χ4v) is 3.67. The molecule has 5 nitrogen and oxygen atoms in total. The van der Waals surface area contributed by atoms with Crippen molar-refractivity contribution in [2.24, 2.45) is 0 Å². The van der Waals surface area contributed by atoms with Crippen LogP contribution in [0.3, 0.4) is 0 Å². The van der Waals surface area contributed by atoms with Gasteiger partial charge in [0.05, 0.1) is 13.2 Å². The van der Waals surface area contributed by atoms with E-state index in [2.05, 4.69) is 4.18 Å². The summed E-state index contributed by atoms with van der Waals surface area (Å²) in [6, 6.07) is 3.24. The smallest absolute Gasteiger partial charge is 0.379 e. The first-order valence-electron chi connectivity index (χ1n) is 9.32. The van der Waals surface area contributed by atoms with Crippen LogP contribution >= 0.6 is 17.0 Å². The number of alkyl halides is 13. The molecule has 1 aromatic rings. The minimum atomic E-state index is -8.25. The molecule has 0 bridgehead atoms. The van der Waals surface area contributed by atoms with Crippen LogP contribution in [0.15, 0.2) is 24.3 Å². The predicted octanol–water partition coefficient (Wildman–Crippen LogP) is 5.50. The van der Waals surface area contributed by atoms with Gasteiger partial charge in [-0.15, -0.1) is 17.0 Å². The zero-order valence-electron chi connectivity index (χ0n) is 17.7. The number of hydrogen-bond acceptors (Lipinski definition) is 5. The van der Waals surface area contributed by atoms with E-state index in [0.717, 1.165) is 12.1 Å². The van der Waals surface area contributed by atoms with Gasteiger partial charge in [0.1, 0.15) is 5.75 Å². The molecule has 20 heteroatoms. The van der Waals surface area contributed by atoms with Crippen LogP contribution in [0, 0.1) is 0 Å². The van der Waals surface area contributed by atoms with E-state index in [9.17, 15) is 65.5 Å². The summed E-state index contributed by atoms with van der Waals surface area (Å²) in [5.41, 5.74) is 0.388. The van der Waals surface area contributed by atoms with Crippen molar-refractivity contribution in [3.05, 3.63) is 29.8 Å². The largest absolute Gasteiger partial charge is 0.460 e. The van der Waals surface area contributed by atoms with E-state index < -0.39 is 51.0 Å². The number of nitrogens with zero attached hydrogens (tertiary/aromatic N) is 1. The Bertz CT molecular complexity index is 1030. The number of rotatable bonds is 9. The summed E-state index contributed by atoms with van der Waals surface area (Å²) in [5, 5.41) is -7.42. The molecular weight excluding hydrogens is 641 g/mol. The molecule has 0 spiro atoms. The average Bonchev–Trinajstić information content (AvgIpc) is 2.74. The molecular formula is C17H15BrF13NO4S. The molecule has 0 N–H and O–H groups in total. The highest BCUT2D eigenvalue weighted by Crippen LogP contribution is 2.61. The standard InChI is InChI=1S/C17H14F13NO4S.BrH/c18-12(19,14(22,23)16(26,27)28)13(20,21)15(24,25)17(29,30)36(32,33)35-11-3-1-10(2-4-11)9-31-5-7-34-8-6-31;/h1-4H,5-9H2;1H. The Labute approximate surface area is 210 Å². The van der Waals surface area contributed by atoms with Gasteiger partial charge in [-0.2, -0.15) is 65.5 Å². The van der Waals surface area contributed by atoms with Crippen LogP contribution < -0.4 is 4.18 Å². The van der Waals surface area contributed by atoms with Crippen molar-refractivity contribution in [2.75, 3.05) is 26.3 Å². The quantitative estimate of drug-likeness (QED) is 0.260. The molecule has 0 amide bonds. The summed E-state index contributed by atoms with van der Waals surface area (Å²) in [6.07, 6.45) is -7.61. The van der Waals surface area contributed by atoms with E-state index >= 15 is 0 Å². The van der Waals surface area contributed by atoms with Crippen molar-refractivity contribution in [3.8, 4) is 5.75 Å². The lowest BCUT2D eigenvalue weighted by Crippen LogP contribution is -2.71. The third-order valence-electron chi connectivity index (χ3n) is 4.86. The molecule has 0 aliphatic carbocycles. The Hall–Kier alpha value is -1.54. The first-order chi connectivity index (χ1) is 16.0. The molecule has 1 saturated heterocycles. The van der Waals surface area contributed by atoms with Crippen LogP contribution in [-0.4, -0.2) is 74.7 Å². The summed E-state index contributed by atoms with van der Waals surface area (Å²) in [4.78, 5) is 1.82. The molecule has 0 atom stereocenters. The maximum Gasteiger partial charge on any atom is 0.460 e. The van der Waals surface area contributed by atoms with Crippen molar-refractivity contribution in [2.45, 2.75) is 41.7 Å². The van der Waals surface area contributed by atoms with Gasteiger partial charge >= 0.3 is 45.2 Å². The predicted molar refractivity (Wildman–Crippen MR) is 103 cm³/mol. The van der Waals surface area contributed by atoms with Gasteiger partial charge in [-0.05, 0) is 17.7 Å². The second kappa shape index (κ2) is 10.6. The van der Waals surface area contributed by atoms with Gasteiger partial charge in [-0.25, -0.2) is 0 Å².